The van der Waals surface area contributed by atoms with Gasteiger partial charge in [0.15, 0.2) is 17.8 Å². The quantitative estimate of drug-likeness (QED) is 0.0484. The Morgan fingerprint density at radius 2 is 1.71 bits per heavy atom. The highest BCUT2D eigenvalue weighted by molar-refractivity contribution is 7.70. The van der Waals surface area contributed by atoms with Gasteiger partial charge >= 0.3 is 15.2 Å². The van der Waals surface area contributed by atoms with Gasteiger partial charge in [0.2, 0.25) is 11.2 Å². The van der Waals surface area contributed by atoms with Crippen molar-refractivity contribution in [1.29, 1.82) is 0 Å². The summed E-state index contributed by atoms with van der Waals surface area (Å²) in [6.07, 6.45) is 3.69. The summed E-state index contributed by atoms with van der Waals surface area (Å²) in [5.41, 5.74) is 0.261. The van der Waals surface area contributed by atoms with Crippen molar-refractivity contribution in [1.82, 2.24) is 25.1 Å². The van der Waals surface area contributed by atoms with Crippen molar-refractivity contribution in [2.45, 2.75) is 37.3 Å². The monoisotopic (exact) mass is 740 g/mol. The van der Waals surface area contributed by atoms with Crippen molar-refractivity contribution in [3.8, 4) is 12.3 Å². The second kappa shape index (κ2) is 18.1. The number of aliphatic hydroxyl groups is 1. The van der Waals surface area contributed by atoms with Gasteiger partial charge in [-0.05, 0) is 11.6 Å². The molecule has 0 bridgehead atoms. The summed E-state index contributed by atoms with van der Waals surface area (Å²) in [5.74, 6) is 1.34. The van der Waals surface area contributed by atoms with Gasteiger partial charge < -0.3 is 58.2 Å². The summed E-state index contributed by atoms with van der Waals surface area (Å²) in [5, 5.41) is 18.3. The van der Waals surface area contributed by atoms with Crippen LogP contribution >= 0.6 is 26.8 Å². The van der Waals surface area contributed by atoms with Crippen molar-refractivity contribution in [3.63, 3.8) is 0 Å². The van der Waals surface area contributed by atoms with Crippen LogP contribution in [0.15, 0.2) is 6.20 Å². The van der Waals surface area contributed by atoms with Crippen LogP contribution in [0.25, 0.3) is 11.0 Å². The number of nitrogens with one attached hydrogen (secondary N) is 1. The zero-order valence-electron chi connectivity index (χ0n) is 25.8. The van der Waals surface area contributed by atoms with Crippen LogP contribution in [0, 0.1) is 12.3 Å². The van der Waals surface area contributed by atoms with Gasteiger partial charge in [0, 0.05) is 25.9 Å². The van der Waals surface area contributed by atoms with Gasteiger partial charge in [-0.15, -0.1) is 6.42 Å². The number of halogens is 1. The van der Waals surface area contributed by atoms with Crippen LogP contribution in [0.2, 0.25) is 5.28 Å². The third kappa shape index (κ3) is 12.0. The molecule has 0 radical (unpaired) electrons. The standard InChI is InChI=1S/C26H39ClN6O13P2/c1-2-4-41-6-8-43-10-11-44-9-7-42-5-3-22(35)29-18-14-32(15-18)23-20-13-28-33(24(20)31-26(27)30-23)25-21(34)12-19(46-25)16-45-48(39,40)17-47(36,37)38/h1,13,18-19,21,25,34H,3-12,14-17H2,(H,29,35)(H,39,40)(H2,36,37,38)/t19-,21+,25+/m0/s1. The zero-order chi connectivity index (χ0) is 34.7. The van der Waals surface area contributed by atoms with Crippen LogP contribution in [0.5, 0.6) is 0 Å². The molecule has 1 unspecified atom stereocenters. The number of rotatable bonds is 21. The van der Waals surface area contributed by atoms with E-state index in [9.17, 15) is 23.9 Å². The largest absolute Gasteiger partial charge is 0.388 e. The van der Waals surface area contributed by atoms with Crippen LogP contribution < -0.4 is 10.2 Å². The molecule has 22 heteroatoms. The fourth-order valence-electron chi connectivity index (χ4n) is 4.84. The molecule has 4 rings (SSSR count). The summed E-state index contributed by atoms with van der Waals surface area (Å²) in [6.45, 7) is 3.32. The lowest BCUT2D eigenvalue weighted by atomic mass is 10.1. The van der Waals surface area contributed by atoms with Gasteiger partial charge in [-0.2, -0.15) is 15.1 Å². The number of fused-ring (bicyclic) bond motifs is 1. The second-order valence-corrected chi connectivity index (χ2v) is 15.2. The first-order valence-electron chi connectivity index (χ1n) is 14.9. The number of aromatic nitrogens is 4. The Hall–Kier alpha value is -2.27. The van der Waals surface area contributed by atoms with E-state index in [1.807, 2.05) is 4.90 Å². The summed E-state index contributed by atoms with van der Waals surface area (Å²) < 4.78 is 56.3. The lowest BCUT2D eigenvalue weighted by Gasteiger charge is -2.40. The number of carbonyl (C=O) groups is 1. The molecule has 1 amide bonds. The Labute approximate surface area is 280 Å². The third-order valence-electron chi connectivity index (χ3n) is 6.96. The zero-order valence-corrected chi connectivity index (χ0v) is 28.4. The fourth-order valence-corrected chi connectivity index (χ4v) is 7.59. The molecule has 2 fully saturated rings. The number of nitrogens with zero attached hydrogens (tertiary/aromatic N) is 5. The molecule has 0 aliphatic carbocycles. The summed E-state index contributed by atoms with van der Waals surface area (Å²) in [4.78, 5) is 50.5. The molecule has 0 spiro atoms. The summed E-state index contributed by atoms with van der Waals surface area (Å²) in [7, 11) is -9.39. The van der Waals surface area contributed by atoms with Gasteiger partial charge in [-0.25, -0.2) is 4.68 Å². The number of aliphatic hydroxyl groups excluding tert-OH is 1. The molecule has 268 valence electrons. The number of hydrogen-bond acceptors (Lipinski definition) is 14. The minimum atomic E-state index is -4.79. The molecular weight excluding hydrogens is 702 g/mol. The van der Waals surface area contributed by atoms with E-state index in [2.05, 4.69) is 26.3 Å². The normalized spacial score (nSPS) is 21.2. The molecule has 0 aromatic carbocycles. The van der Waals surface area contributed by atoms with E-state index in [1.54, 1.807) is 0 Å². The van der Waals surface area contributed by atoms with Gasteiger partial charge in [-0.1, -0.05) is 5.92 Å². The lowest BCUT2D eigenvalue weighted by Crippen LogP contribution is -2.59. The minimum absolute atomic E-state index is 0.0130. The molecule has 4 atom stereocenters. The smallest absolute Gasteiger partial charge is 0.340 e. The molecule has 2 aromatic rings. The molecule has 2 aromatic heterocycles. The van der Waals surface area contributed by atoms with E-state index in [-0.39, 0.29) is 48.9 Å². The Morgan fingerprint density at radius 1 is 1.06 bits per heavy atom. The highest BCUT2D eigenvalue weighted by Gasteiger charge is 2.40. The summed E-state index contributed by atoms with van der Waals surface area (Å²) >= 11 is 6.22. The first-order chi connectivity index (χ1) is 22.8. The maximum Gasteiger partial charge on any atom is 0.340 e. The Bertz CT molecular complexity index is 1500. The number of ether oxygens (including phenoxy) is 5. The number of carbonyl (C=O) groups excluding carboxylic acids is 1. The molecule has 2 aliphatic heterocycles. The highest BCUT2D eigenvalue weighted by atomic mass is 35.5. The third-order valence-corrected chi connectivity index (χ3v) is 10.6. The van der Waals surface area contributed by atoms with Crippen LogP contribution in [-0.4, -0.2) is 142 Å². The molecule has 2 saturated heterocycles. The Balaban J connectivity index is 1.17. The van der Waals surface area contributed by atoms with Crippen molar-refractivity contribution in [3.05, 3.63) is 11.5 Å². The van der Waals surface area contributed by atoms with E-state index in [0.29, 0.717) is 63.9 Å². The Kier molecular flexibility index (Phi) is 14.5. The topological polar surface area (TPSA) is 246 Å². The SMILES string of the molecule is C#CCOCCOCCOCCOCCC(=O)NC1CN(c2nc(Cl)nc3c2cnn3[C@@H]2O[C@H](COP(=O)(O)CP(=O)(O)O)C[C@H]2O)C1. The molecule has 19 nitrogen and oxygen atoms in total. The molecule has 5 N–H and O–H groups in total. The molecule has 4 heterocycles. The van der Waals surface area contributed by atoms with E-state index < -0.39 is 46.1 Å². The molecule has 0 saturated carbocycles. The average molecular weight is 741 g/mol. The molecule has 48 heavy (non-hydrogen) atoms. The predicted molar refractivity (Wildman–Crippen MR) is 168 cm³/mol. The van der Waals surface area contributed by atoms with Crippen LogP contribution in [0.1, 0.15) is 19.1 Å². The number of amides is 1. The first kappa shape index (κ1) is 38.5. The Morgan fingerprint density at radius 3 is 2.35 bits per heavy atom. The second-order valence-electron chi connectivity index (χ2n) is 10.8. The maximum absolute atomic E-state index is 12.4. The van der Waals surface area contributed by atoms with E-state index in [1.165, 1.54) is 10.9 Å². The van der Waals surface area contributed by atoms with Gasteiger partial charge in [0.25, 0.3) is 0 Å². The maximum atomic E-state index is 12.4. The van der Waals surface area contributed by atoms with Gasteiger partial charge in [0.1, 0.15) is 18.5 Å². The van der Waals surface area contributed by atoms with Gasteiger partial charge in [-0.3, -0.25) is 13.9 Å². The van der Waals surface area contributed by atoms with Crippen LogP contribution in [0.3, 0.4) is 0 Å². The van der Waals surface area contributed by atoms with E-state index in [0.717, 1.165) is 0 Å². The van der Waals surface area contributed by atoms with E-state index in [4.69, 9.17) is 56.0 Å². The minimum Gasteiger partial charge on any atom is -0.388 e. The average Bonchev–Trinajstić information content (AvgIpc) is 3.57. The van der Waals surface area contributed by atoms with Crippen molar-refractivity contribution >= 4 is 49.6 Å². The number of terminal acetylenes is 1. The lowest BCUT2D eigenvalue weighted by molar-refractivity contribution is -0.123. The predicted octanol–water partition coefficient (Wildman–Crippen LogP) is -0.140. The molecule has 2 aliphatic rings. The van der Waals surface area contributed by atoms with Crippen molar-refractivity contribution < 1.29 is 61.9 Å². The first-order valence-corrected chi connectivity index (χ1v) is 18.8. The van der Waals surface area contributed by atoms with Gasteiger partial charge in [0.05, 0.1) is 76.6 Å². The number of anilines is 1. The van der Waals surface area contributed by atoms with E-state index >= 15 is 0 Å². The summed E-state index contributed by atoms with van der Waals surface area (Å²) in [6, 6.07) is -0.134. The highest BCUT2D eigenvalue weighted by Crippen LogP contribution is 2.55. The number of hydrogen-bond donors (Lipinski definition) is 5. The van der Waals surface area contributed by atoms with Crippen molar-refractivity contribution in [2.24, 2.45) is 0 Å². The van der Waals surface area contributed by atoms with Crippen molar-refractivity contribution in [2.75, 3.05) is 83.4 Å². The van der Waals surface area contributed by atoms with Crippen LogP contribution in [-0.2, 0) is 42.1 Å². The van der Waals surface area contributed by atoms with Crippen LogP contribution in [0.4, 0.5) is 5.82 Å². The fraction of sp³-hybridized carbons (Fsp3) is 0.692. The molecular formula is C26H39ClN6O13P2.